The number of fused-ring (bicyclic) bond motifs is 1. The van der Waals surface area contributed by atoms with E-state index < -0.39 is 0 Å². The van der Waals surface area contributed by atoms with Gasteiger partial charge in [-0.05, 0) is 119 Å². The number of likely N-dealkylation sites (tertiary alicyclic amines) is 2. The minimum Gasteiger partial charge on any atom is -0.491 e. The predicted octanol–water partition coefficient (Wildman–Crippen LogP) is 7.57. The Hall–Kier alpha value is -5.01. The summed E-state index contributed by atoms with van der Waals surface area (Å²) in [6.07, 6.45) is 17.1. The van der Waals surface area contributed by atoms with Crippen molar-refractivity contribution in [2.24, 2.45) is 17.8 Å². The quantitative estimate of drug-likeness (QED) is 0.0460. The van der Waals surface area contributed by atoms with Crippen molar-refractivity contribution in [2.45, 2.75) is 121 Å². The second kappa shape index (κ2) is 31.0. The van der Waals surface area contributed by atoms with Gasteiger partial charge in [-0.15, -0.1) is 0 Å². The Morgan fingerprint density at radius 2 is 1.43 bits per heavy atom. The molecule has 4 aromatic rings. The van der Waals surface area contributed by atoms with Gasteiger partial charge in [-0.2, -0.15) is 5.10 Å². The molecular formula is C60H89N9O8. The number of nitrogens with one attached hydrogen (secondary N) is 2. The highest BCUT2D eigenvalue weighted by atomic mass is 16.6. The zero-order valence-electron chi connectivity index (χ0n) is 46.7. The van der Waals surface area contributed by atoms with Crippen LogP contribution in [0.15, 0.2) is 73.1 Å². The number of ketones is 1. The van der Waals surface area contributed by atoms with Crippen LogP contribution in [0.3, 0.4) is 0 Å². The van der Waals surface area contributed by atoms with Gasteiger partial charge in [-0.25, -0.2) is 14.6 Å². The average molecular weight is 1060 g/mol. The normalized spacial score (nSPS) is 20.9. The fourth-order valence-corrected chi connectivity index (χ4v) is 11.8. The van der Waals surface area contributed by atoms with Crippen LogP contribution in [0.4, 0.5) is 11.8 Å². The first-order valence-corrected chi connectivity index (χ1v) is 29.0. The molecule has 2 N–H and O–H groups in total. The largest absolute Gasteiger partial charge is 0.491 e. The highest BCUT2D eigenvalue weighted by Crippen LogP contribution is 2.38. The van der Waals surface area contributed by atoms with Gasteiger partial charge in [0, 0.05) is 64.3 Å². The molecule has 77 heavy (non-hydrogen) atoms. The van der Waals surface area contributed by atoms with Gasteiger partial charge in [-0.1, -0.05) is 61.7 Å². The van der Waals surface area contributed by atoms with E-state index in [1.54, 1.807) is 0 Å². The zero-order chi connectivity index (χ0) is 53.6. The van der Waals surface area contributed by atoms with Crippen LogP contribution in [0, 0.1) is 17.8 Å². The van der Waals surface area contributed by atoms with Crippen molar-refractivity contribution in [3.8, 4) is 17.0 Å². The molecule has 8 rings (SSSR count). The Balaban J connectivity index is 0.604. The average Bonchev–Trinajstić information content (AvgIpc) is 4.11. The first-order valence-electron chi connectivity index (χ1n) is 29.0. The molecule has 0 radical (unpaired) electrons. The van der Waals surface area contributed by atoms with Crippen molar-refractivity contribution < 1.29 is 38.0 Å². The van der Waals surface area contributed by atoms with Crippen LogP contribution in [0.1, 0.15) is 95.1 Å². The first-order chi connectivity index (χ1) is 37.7. The molecule has 0 spiro atoms. The highest BCUT2D eigenvalue weighted by molar-refractivity contribution is 5.90. The molecule has 2 aliphatic carbocycles. The van der Waals surface area contributed by atoms with E-state index in [0.717, 1.165) is 107 Å². The van der Waals surface area contributed by atoms with Gasteiger partial charge in [0.15, 0.2) is 0 Å². The molecular weight excluding hydrogens is 975 g/mol. The number of piperidine rings is 1. The number of benzene rings is 2. The monoisotopic (exact) mass is 1060 g/mol. The Bertz CT molecular complexity index is 2340. The number of amides is 1. The van der Waals surface area contributed by atoms with Gasteiger partial charge >= 0.3 is 0 Å². The number of anilines is 2. The lowest BCUT2D eigenvalue weighted by molar-refractivity contribution is -0.142. The number of carbonyl (C=O) groups excluding carboxylic acids is 2. The zero-order valence-corrected chi connectivity index (χ0v) is 46.7. The molecule has 2 aromatic heterocycles. The maximum Gasteiger partial charge on any atom is 0.226 e. The van der Waals surface area contributed by atoms with Crippen molar-refractivity contribution >= 4 is 23.5 Å². The van der Waals surface area contributed by atoms with Crippen molar-refractivity contribution in [1.82, 2.24) is 34.9 Å². The molecule has 4 heterocycles. The number of carbonyl (C=O) groups is 2. The van der Waals surface area contributed by atoms with Crippen molar-refractivity contribution in [3.05, 3.63) is 84.2 Å². The van der Waals surface area contributed by atoms with E-state index >= 15 is 0 Å². The lowest BCUT2D eigenvalue weighted by Gasteiger charge is -2.40. The Morgan fingerprint density at radius 3 is 2.12 bits per heavy atom. The fraction of sp³-hybridized carbons (Fsp3) is 0.650. The van der Waals surface area contributed by atoms with E-state index in [2.05, 4.69) is 66.7 Å². The second-order valence-electron chi connectivity index (χ2n) is 21.8. The van der Waals surface area contributed by atoms with E-state index in [-0.39, 0.29) is 35.8 Å². The first kappa shape index (κ1) is 58.1. The Morgan fingerprint density at radius 1 is 0.753 bits per heavy atom. The maximum atomic E-state index is 14.3. The van der Waals surface area contributed by atoms with Gasteiger partial charge in [0.2, 0.25) is 11.9 Å². The number of aromatic nitrogens is 4. The second-order valence-corrected chi connectivity index (χ2v) is 21.8. The SMILES string of the molecule is CN[C@@H](C)C(=O)C[C@H](C(=O)N1CCC2CCN(CCc3ccc(OCCOCCOCCOCCOCCOC4CCC(Nc5nccc(-c6cnn(Cc7ccccc7)c6N(C)C)n5)CC4)cc3)CC21)C1CCCCC1. The summed E-state index contributed by atoms with van der Waals surface area (Å²) in [5.41, 5.74) is 4.29. The van der Waals surface area contributed by atoms with Crippen LogP contribution in [0.2, 0.25) is 0 Å². The molecule has 4 fully saturated rings. The molecule has 2 saturated carbocycles. The summed E-state index contributed by atoms with van der Waals surface area (Å²) in [5, 5.41) is 11.4. The van der Waals surface area contributed by atoms with Gasteiger partial charge in [0.05, 0.1) is 95.6 Å². The van der Waals surface area contributed by atoms with Crippen molar-refractivity contribution in [2.75, 3.05) is 124 Å². The molecule has 2 saturated heterocycles. The molecule has 4 atom stereocenters. The maximum absolute atomic E-state index is 14.3. The van der Waals surface area contributed by atoms with Crippen molar-refractivity contribution in [1.29, 1.82) is 0 Å². The smallest absolute Gasteiger partial charge is 0.226 e. The molecule has 0 bridgehead atoms. The van der Waals surface area contributed by atoms with Gasteiger partial charge in [-0.3, -0.25) is 9.59 Å². The van der Waals surface area contributed by atoms with Crippen LogP contribution in [0.25, 0.3) is 11.3 Å². The lowest BCUT2D eigenvalue weighted by atomic mass is 9.76. The van der Waals surface area contributed by atoms with Crippen LogP contribution in [-0.4, -0.2) is 179 Å². The number of ether oxygens (including phenoxy) is 6. The summed E-state index contributed by atoms with van der Waals surface area (Å²) in [6, 6.07) is 21.0. The summed E-state index contributed by atoms with van der Waals surface area (Å²) >= 11 is 0. The number of Topliss-reactive ketones (excluding diaryl/α,β-unsaturated/α-hetero) is 1. The molecule has 1 amide bonds. The molecule has 2 unspecified atom stereocenters. The summed E-state index contributed by atoms with van der Waals surface area (Å²) in [6.45, 7) is 11.5. The highest BCUT2D eigenvalue weighted by Gasteiger charge is 2.44. The molecule has 4 aliphatic rings. The van der Waals surface area contributed by atoms with Crippen LogP contribution < -0.4 is 20.3 Å². The topological polar surface area (TPSA) is 167 Å². The summed E-state index contributed by atoms with van der Waals surface area (Å²) in [4.78, 5) is 43.7. The molecule has 17 nitrogen and oxygen atoms in total. The van der Waals surface area contributed by atoms with Crippen LogP contribution in [0.5, 0.6) is 5.75 Å². The van der Waals surface area contributed by atoms with Crippen LogP contribution >= 0.6 is 0 Å². The summed E-state index contributed by atoms with van der Waals surface area (Å²) in [5.74, 6) is 3.58. The third-order valence-electron chi connectivity index (χ3n) is 16.3. The molecule has 17 heteroatoms. The van der Waals surface area contributed by atoms with Gasteiger partial charge < -0.3 is 53.8 Å². The predicted molar refractivity (Wildman–Crippen MR) is 301 cm³/mol. The lowest BCUT2D eigenvalue weighted by Crippen LogP contribution is -2.52. The van der Waals surface area contributed by atoms with E-state index in [4.69, 9.17) is 38.5 Å². The number of nitrogens with zero attached hydrogens (tertiary/aromatic N) is 7. The Kier molecular flexibility index (Phi) is 23.4. The fourth-order valence-electron chi connectivity index (χ4n) is 11.8. The third kappa shape index (κ3) is 17.7. The summed E-state index contributed by atoms with van der Waals surface area (Å²) < 4.78 is 36.9. The van der Waals surface area contributed by atoms with E-state index in [1.807, 2.05) is 69.4 Å². The number of likely N-dealkylation sites (N-methyl/N-ethyl adjacent to an activating group) is 1. The van der Waals surface area contributed by atoms with Crippen molar-refractivity contribution in [3.63, 3.8) is 0 Å². The molecule has 2 aliphatic heterocycles. The van der Waals surface area contributed by atoms with E-state index in [0.29, 0.717) is 103 Å². The third-order valence-corrected chi connectivity index (χ3v) is 16.3. The number of rotatable bonds is 32. The number of hydrogen-bond acceptors (Lipinski definition) is 15. The minimum absolute atomic E-state index is 0.161. The summed E-state index contributed by atoms with van der Waals surface area (Å²) in [7, 11) is 5.90. The van der Waals surface area contributed by atoms with E-state index in [1.165, 1.54) is 30.4 Å². The van der Waals surface area contributed by atoms with Gasteiger partial charge in [0.1, 0.15) is 24.0 Å². The van der Waals surface area contributed by atoms with Crippen LogP contribution in [-0.2, 0) is 46.2 Å². The molecule has 2 aromatic carbocycles. The van der Waals surface area contributed by atoms with E-state index in [9.17, 15) is 9.59 Å². The minimum atomic E-state index is -0.222. The Labute approximate surface area is 458 Å². The number of hydrogen-bond donors (Lipinski definition) is 2. The van der Waals surface area contributed by atoms with Gasteiger partial charge in [0.25, 0.3) is 0 Å². The molecule has 422 valence electrons. The standard InChI is InChI=1S/C60H89N9O8/c1-45(61-2)57(70)41-53(48-13-9-6-10-14-48)59(71)68-30-26-49-25-29-67(44-56(49)68)28-24-46-15-19-51(20-16-46)76-39-37-74-35-33-72-31-32-73-34-36-75-38-40-77-52-21-17-50(18-22-52)64-60-62-27-23-55(65-60)54-42-63-69(58(54)66(3)4)43-47-11-7-5-8-12-47/h5,7-8,11-12,15-16,19-20,23,27,42,45,48-50,52-53,56,61H,6,9-10,13-14,17-18,21-22,24-26,28-41,43-44H2,1-4H3,(H,62,64,65)/t45-,49?,50?,52?,53-,56?/m0/s1.